The van der Waals surface area contributed by atoms with Crippen LogP contribution in [0.25, 0.3) is 0 Å². The smallest absolute Gasteiger partial charge is 0.0449 e. The molecule has 0 radical (unpaired) electrons. The number of rotatable bonds is 3. The lowest BCUT2D eigenvalue weighted by atomic mass is 10.2. The lowest BCUT2D eigenvalue weighted by Crippen LogP contribution is -2.09. The average Bonchev–Trinajstić information content (AvgIpc) is 2.36. The Kier molecular flexibility index (Phi) is 2.87. The van der Waals surface area contributed by atoms with Gasteiger partial charge < -0.3 is 16.6 Å². The first-order valence-corrected chi connectivity index (χ1v) is 4.32. The largest absolute Gasteiger partial charge is 0.398 e. The molecule has 0 aromatic carbocycles. The fourth-order valence-corrected chi connectivity index (χ4v) is 1.68. The van der Waals surface area contributed by atoms with Gasteiger partial charge in [-0.25, -0.2) is 0 Å². The van der Waals surface area contributed by atoms with Gasteiger partial charge in [0.2, 0.25) is 0 Å². The van der Waals surface area contributed by atoms with Gasteiger partial charge in [-0.3, -0.25) is 0 Å². The van der Waals surface area contributed by atoms with E-state index in [4.69, 9.17) is 16.6 Å². The minimum Gasteiger partial charge on any atom is -0.398 e. The van der Waals surface area contributed by atoms with Gasteiger partial charge in [0.25, 0.3) is 0 Å². The summed E-state index contributed by atoms with van der Waals surface area (Å²) in [5.41, 5.74) is 12.0. The minimum absolute atomic E-state index is 0.0673. The number of hydrogen-bond donors (Lipinski definition) is 3. The fraction of sp³-hybridized carbons (Fsp3) is 0.429. The highest BCUT2D eigenvalue weighted by atomic mass is 32.1. The van der Waals surface area contributed by atoms with Crippen LogP contribution in [0.5, 0.6) is 0 Å². The highest BCUT2D eigenvalue weighted by Gasteiger charge is 2.06. The van der Waals surface area contributed by atoms with Crippen LogP contribution in [0.2, 0.25) is 0 Å². The van der Waals surface area contributed by atoms with Gasteiger partial charge in [0.1, 0.15) is 0 Å². The monoisotopic (exact) mass is 172 g/mol. The molecular weight excluding hydrogens is 160 g/mol. The molecule has 0 aliphatic heterocycles. The van der Waals surface area contributed by atoms with Gasteiger partial charge in [0, 0.05) is 28.6 Å². The normalized spacial score (nSPS) is 13.3. The van der Waals surface area contributed by atoms with E-state index >= 15 is 0 Å². The van der Waals surface area contributed by atoms with Gasteiger partial charge in [0.15, 0.2) is 0 Å². The first-order chi connectivity index (χ1) is 5.24. The zero-order chi connectivity index (χ0) is 8.27. The highest BCUT2D eigenvalue weighted by molar-refractivity contribution is 7.10. The molecule has 3 nitrogen and oxygen atoms in total. The van der Waals surface area contributed by atoms with Crippen molar-refractivity contribution in [1.29, 1.82) is 0 Å². The molecule has 0 aliphatic carbocycles. The SMILES string of the molecule is Nc1csc(C(N)CCO)c1. The fourth-order valence-electron chi connectivity index (χ4n) is 0.844. The van der Waals surface area contributed by atoms with E-state index in [1.165, 1.54) is 11.3 Å². The first-order valence-electron chi connectivity index (χ1n) is 3.44. The standard InChI is InChI=1S/C7H12N2OS/c8-5-3-7(11-4-5)6(9)1-2-10/h3-4,6,10H,1-2,8-9H2. The summed E-state index contributed by atoms with van der Waals surface area (Å²) in [6.45, 7) is 0.124. The Labute approximate surface area is 69.6 Å². The molecule has 0 aliphatic rings. The van der Waals surface area contributed by atoms with Crippen LogP contribution >= 0.6 is 11.3 Å². The molecule has 0 amide bonds. The number of anilines is 1. The van der Waals surface area contributed by atoms with Crippen LogP contribution < -0.4 is 11.5 Å². The highest BCUT2D eigenvalue weighted by Crippen LogP contribution is 2.23. The Morgan fingerprint density at radius 1 is 1.64 bits per heavy atom. The van der Waals surface area contributed by atoms with Crippen molar-refractivity contribution in [2.24, 2.45) is 5.73 Å². The molecule has 62 valence electrons. The van der Waals surface area contributed by atoms with E-state index in [9.17, 15) is 0 Å². The molecule has 0 fully saturated rings. The van der Waals surface area contributed by atoms with Gasteiger partial charge in [0.05, 0.1) is 0 Å². The van der Waals surface area contributed by atoms with Crippen molar-refractivity contribution in [3.05, 3.63) is 16.3 Å². The number of thiophene rings is 1. The topological polar surface area (TPSA) is 72.3 Å². The van der Waals surface area contributed by atoms with Crippen LogP contribution in [0, 0.1) is 0 Å². The number of nitrogens with two attached hydrogens (primary N) is 2. The Morgan fingerprint density at radius 3 is 2.82 bits per heavy atom. The molecule has 1 rings (SSSR count). The molecule has 4 heteroatoms. The third-order valence-electron chi connectivity index (χ3n) is 1.45. The van der Waals surface area contributed by atoms with Crippen molar-refractivity contribution in [2.75, 3.05) is 12.3 Å². The molecule has 0 saturated heterocycles. The van der Waals surface area contributed by atoms with Crippen LogP contribution in [-0.4, -0.2) is 11.7 Å². The van der Waals surface area contributed by atoms with Gasteiger partial charge in [-0.05, 0) is 12.5 Å². The molecular formula is C7H12N2OS. The zero-order valence-electron chi connectivity index (χ0n) is 6.16. The average molecular weight is 172 g/mol. The quantitative estimate of drug-likeness (QED) is 0.628. The van der Waals surface area contributed by atoms with Crippen LogP contribution in [-0.2, 0) is 0 Å². The molecule has 1 unspecified atom stereocenters. The van der Waals surface area contributed by atoms with Crippen molar-refractivity contribution in [3.8, 4) is 0 Å². The number of aliphatic hydroxyl groups excluding tert-OH is 1. The Morgan fingerprint density at radius 2 is 2.36 bits per heavy atom. The zero-order valence-corrected chi connectivity index (χ0v) is 6.97. The maximum atomic E-state index is 8.60. The second-order valence-corrected chi connectivity index (χ2v) is 3.34. The van der Waals surface area contributed by atoms with Crippen LogP contribution in [0.15, 0.2) is 11.4 Å². The summed E-state index contributed by atoms with van der Waals surface area (Å²) in [5.74, 6) is 0. The van der Waals surface area contributed by atoms with E-state index in [0.29, 0.717) is 6.42 Å². The van der Waals surface area contributed by atoms with E-state index < -0.39 is 0 Å². The van der Waals surface area contributed by atoms with E-state index in [0.717, 1.165) is 10.6 Å². The van der Waals surface area contributed by atoms with Crippen LogP contribution in [0.1, 0.15) is 17.3 Å². The minimum atomic E-state index is -0.0673. The molecule has 1 atom stereocenters. The summed E-state index contributed by atoms with van der Waals surface area (Å²) < 4.78 is 0. The molecule has 0 bridgehead atoms. The molecule has 5 N–H and O–H groups in total. The van der Waals surface area contributed by atoms with E-state index in [-0.39, 0.29) is 12.6 Å². The molecule has 0 spiro atoms. The molecule has 1 aromatic rings. The maximum Gasteiger partial charge on any atom is 0.0449 e. The van der Waals surface area contributed by atoms with Crippen molar-refractivity contribution >= 4 is 17.0 Å². The maximum absolute atomic E-state index is 8.60. The van der Waals surface area contributed by atoms with E-state index in [2.05, 4.69) is 0 Å². The molecule has 1 aromatic heterocycles. The van der Waals surface area contributed by atoms with Gasteiger partial charge >= 0.3 is 0 Å². The lowest BCUT2D eigenvalue weighted by Gasteiger charge is -2.05. The molecule has 1 heterocycles. The van der Waals surface area contributed by atoms with Gasteiger partial charge in [-0.15, -0.1) is 11.3 Å². The molecule has 11 heavy (non-hydrogen) atoms. The van der Waals surface area contributed by atoms with Crippen molar-refractivity contribution in [3.63, 3.8) is 0 Å². The lowest BCUT2D eigenvalue weighted by molar-refractivity contribution is 0.277. The van der Waals surface area contributed by atoms with Gasteiger partial charge in [-0.1, -0.05) is 0 Å². The summed E-state index contributed by atoms with van der Waals surface area (Å²) in [6, 6.07) is 1.78. The Balaban J connectivity index is 2.60. The number of aliphatic hydroxyl groups is 1. The summed E-state index contributed by atoms with van der Waals surface area (Å²) >= 11 is 1.54. The third kappa shape index (κ3) is 2.18. The molecule has 0 saturated carbocycles. The summed E-state index contributed by atoms with van der Waals surface area (Å²) in [4.78, 5) is 1.04. The van der Waals surface area contributed by atoms with E-state index in [1.807, 2.05) is 11.4 Å². The summed E-state index contributed by atoms with van der Waals surface area (Å²) in [6.07, 6.45) is 0.597. The van der Waals surface area contributed by atoms with Gasteiger partial charge in [-0.2, -0.15) is 0 Å². The van der Waals surface area contributed by atoms with Crippen LogP contribution in [0.4, 0.5) is 5.69 Å². The second kappa shape index (κ2) is 3.71. The predicted molar refractivity (Wildman–Crippen MR) is 47.4 cm³/mol. The third-order valence-corrected chi connectivity index (χ3v) is 2.53. The van der Waals surface area contributed by atoms with E-state index in [1.54, 1.807) is 0 Å². The number of hydrogen-bond acceptors (Lipinski definition) is 4. The number of nitrogen functional groups attached to an aromatic ring is 1. The first kappa shape index (κ1) is 8.52. The predicted octanol–water partition coefficient (Wildman–Crippen LogP) is 0.713. The second-order valence-electron chi connectivity index (χ2n) is 2.40. The van der Waals surface area contributed by atoms with Crippen molar-refractivity contribution < 1.29 is 5.11 Å². The Hall–Kier alpha value is -0.580. The van der Waals surface area contributed by atoms with Crippen molar-refractivity contribution in [2.45, 2.75) is 12.5 Å². The summed E-state index contributed by atoms with van der Waals surface area (Å²) in [7, 11) is 0. The Bertz CT molecular complexity index is 224. The van der Waals surface area contributed by atoms with Crippen LogP contribution in [0.3, 0.4) is 0 Å². The summed E-state index contributed by atoms with van der Waals surface area (Å²) in [5, 5.41) is 10.5. The van der Waals surface area contributed by atoms with Crippen molar-refractivity contribution in [1.82, 2.24) is 0 Å².